The van der Waals surface area contributed by atoms with E-state index in [1.165, 1.54) is 0 Å². The molecule has 0 fully saturated rings. The number of hydrogen-bond donors (Lipinski definition) is 1. The van der Waals surface area contributed by atoms with Crippen molar-refractivity contribution in [3.63, 3.8) is 0 Å². The second-order valence-corrected chi connectivity index (χ2v) is 5.22. The smallest absolute Gasteiger partial charge is 0.178 e. The van der Waals surface area contributed by atoms with E-state index in [-0.39, 0.29) is 6.61 Å². The van der Waals surface area contributed by atoms with Gasteiger partial charge in [0.2, 0.25) is 0 Å². The molecule has 0 saturated carbocycles. The first-order valence-electron chi connectivity index (χ1n) is 5.99. The highest BCUT2D eigenvalue weighted by atomic mass is 32.1. The van der Waals surface area contributed by atoms with Crippen molar-refractivity contribution in [2.45, 2.75) is 13.0 Å². The number of aromatic nitrogens is 1. The second kappa shape index (κ2) is 5.03. The Morgan fingerprint density at radius 3 is 3.05 bits per heavy atom. The molecule has 19 heavy (non-hydrogen) atoms. The molecule has 0 spiro atoms. The van der Waals surface area contributed by atoms with Crippen LogP contribution in [0.4, 0.5) is 0 Å². The summed E-state index contributed by atoms with van der Waals surface area (Å²) in [6, 6.07) is 9.53. The maximum absolute atomic E-state index is 9.32. The van der Waals surface area contributed by atoms with E-state index >= 15 is 0 Å². The topological polar surface area (TPSA) is 55.5 Å². The maximum Gasteiger partial charge on any atom is 0.178 e. The first-order chi connectivity index (χ1) is 9.25. The van der Waals surface area contributed by atoms with Crippen LogP contribution < -0.4 is 4.74 Å². The Kier molecular flexibility index (Phi) is 3.23. The van der Waals surface area contributed by atoms with Gasteiger partial charge in [-0.05, 0) is 30.5 Å². The summed E-state index contributed by atoms with van der Waals surface area (Å²) in [6.07, 6.45) is -0.507. The number of rotatable bonds is 4. The molecule has 0 saturated heterocycles. The second-order valence-electron chi connectivity index (χ2n) is 4.30. The molecule has 3 aromatic rings. The van der Waals surface area contributed by atoms with E-state index in [9.17, 15) is 5.11 Å². The van der Waals surface area contributed by atoms with Gasteiger partial charge in [-0.15, -0.1) is 11.3 Å². The highest BCUT2D eigenvalue weighted by Gasteiger charge is 2.15. The normalized spacial score (nSPS) is 12.7. The van der Waals surface area contributed by atoms with Crippen LogP contribution in [0.25, 0.3) is 21.5 Å². The van der Waals surface area contributed by atoms with Crippen molar-refractivity contribution in [1.29, 1.82) is 0 Å². The Hall–Kier alpha value is -1.85. The zero-order chi connectivity index (χ0) is 13.2. The molecule has 1 unspecified atom stereocenters. The number of aliphatic hydroxyl groups excluding tert-OH is 1. The van der Waals surface area contributed by atoms with Crippen molar-refractivity contribution in [2.75, 3.05) is 6.61 Å². The van der Waals surface area contributed by atoms with Crippen LogP contribution in [-0.4, -0.2) is 23.0 Å². The minimum Gasteiger partial charge on any atom is -0.490 e. The number of aliphatic hydroxyl groups is 1. The molecule has 0 aliphatic rings. The van der Waals surface area contributed by atoms with Gasteiger partial charge >= 0.3 is 0 Å². The van der Waals surface area contributed by atoms with Crippen molar-refractivity contribution in [3.05, 3.63) is 35.7 Å². The lowest BCUT2D eigenvalue weighted by Gasteiger charge is -2.11. The van der Waals surface area contributed by atoms with Crippen LogP contribution in [0.3, 0.4) is 0 Å². The molecule has 3 rings (SSSR count). The summed E-state index contributed by atoms with van der Waals surface area (Å²) in [5, 5.41) is 15.4. The number of hydrogen-bond acceptors (Lipinski definition) is 5. The molecule has 98 valence electrons. The van der Waals surface area contributed by atoms with Crippen LogP contribution in [-0.2, 0) is 0 Å². The van der Waals surface area contributed by atoms with E-state index in [4.69, 9.17) is 9.26 Å². The maximum atomic E-state index is 9.32. The van der Waals surface area contributed by atoms with Gasteiger partial charge in [-0.3, -0.25) is 0 Å². The van der Waals surface area contributed by atoms with Gasteiger partial charge in [0.25, 0.3) is 0 Å². The highest BCUT2D eigenvalue weighted by Crippen LogP contribution is 2.36. The van der Waals surface area contributed by atoms with E-state index in [2.05, 4.69) is 5.16 Å². The number of nitrogens with zero attached hydrogens (tertiary/aromatic N) is 1. The Morgan fingerprint density at radius 2 is 2.21 bits per heavy atom. The van der Waals surface area contributed by atoms with E-state index in [0.717, 1.165) is 21.5 Å². The van der Waals surface area contributed by atoms with Gasteiger partial charge < -0.3 is 14.4 Å². The van der Waals surface area contributed by atoms with Gasteiger partial charge in [0.15, 0.2) is 5.58 Å². The van der Waals surface area contributed by atoms with Crippen LogP contribution in [0.2, 0.25) is 0 Å². The first kappa shape index (κ1) is 12.2. The third-order valence-electron chi connectivity index (χ3n) is 2.70. The molecule has 0 bridgehead atoms. The molecule has 1 aromatic carbocycles. The summed E-state index contributed by atoms with van der Waals surface area (Å²) in [4.78, 5) is 0. The van der Waals surface area contributed by atoms with Crippen LogP contribution in [0.1, 0.15) is 6.92 Å². The van der Waals surface area contributed by atoms with Crippen LogP contribution in [0.15, 0.2) is 40.2 Å². The summed E-state index contributed by atoms with van der Waals surface area (Å²) >= 11 is 1.59. The number of para-hydroxylation sites is 1. The summed E-state index contributed by atoms with van der Waals surface area (Å²) < 4.78 is 11.9. The van der Waals surface area contributed by atoms with Crippen molar-refractivity contribution in [1.82, 2.24) is 5.16 Å². The fraction of sp³-hybridized carbons (Fsp3) is 0.214. The van der Waals surface area contributed by atoms with Crippen molar-refractivity contribution in [3.8, 4) is 17.0 Å². The largest absolute Gasteiger partial charge is 0.490 e. The zero-order valence-corrected chi connectivity index (χ0v) is 11.2. The molecule has 4 nitrogen and oxygen atoms in total. The molecule has 0 aliphatic carbocycles. The molecule has 0 radical (unpaired) electrons. The summed E-state index contributed by atoms with van der Waals surface area (Å²) in [7, 11) is 0. The highest BCUT2D eigenvalue weighted by molar-refractivity contribution is 7.17. The Bertz CT molecular complexity index is 687. The quantitative estimate of drug-likeness (QED) is 0.793. The predicted octanol–water partition coefficient (Wildman–Crippen LogP) is 3.32. The van der Waals surface area contributed by atoms with Gasteiger partial charge in [-0.2, -0.15) is 0 Å². The molecule has 1 N–H and O–H groups in total. The Balaban J connectivity index is 2.02. The summed E-state index contributed by atoms with van der Waals surface area (Å²) in [5.74, 6) is 0.701. The van der Waals surface area contributed by atoms with Crippen LogP contribution >= 0.6 is 11.3 Å². The average molecular weight is 275 g/mol. The fourth-order valence-corrected chi connectivity index (χ4v) is 2.66. The van der Waals surface area contributed by atoms with Gasteiger partial charge in [-0.25, -0.2) is 0 Å². The Morgan fingerprint density at radius 1 is 1.37 bits per heavy atom. The van der Waals surface area contributed by atoms with Crippen molar-refractivity contribution < 1.29 is 14.4 Å². The van der Waals surface area contributed by atoms with Crippen LogP contribution in [0, 0.1) is 0 Å². The monoisotopic (exact) mass is 275 g/mol. The third kappa shape index (κ3) is 2.34. The molecule has 2 heterocycles. The predicted molar refractivity (Wildman–Crippen MR) is 74.5 cm³/mol. The molecule has 5 heteroatoms. The molecular weight excluding hydrogens is 262 g/mol. The minimum atomic E-state index is -0.507. The first-order valence-corrected chi connectivity index (χ1v) is 6.87. The zero-order valence-electron chi connectivity index (χ0n) is 10.4. The number of ether oxygens (including phenoxy) is 1. The SMILES string of the molecule is CC(O)COc1ccccc1-c1noc2ccsc12. The lowest BCUT2D eigenvalue weighted by Crippen LogP contribution is -2.13. The Labute approximate surface area is 114 Å². The van der Waals surface area contributed by atoms with Crippen molar-refractivity contribution >= 4 is 21.6 Å². The number of thiophene rings is 1. The lowest BCUT2D eigenvalue weighted by atomic mass is 10.1. The van der Waals surface area contributed by atoms with Gasteiger partial charge in [0, 0.05) is 5.56 Å². The van der Waals surface area contributed by atoms with Crippen molar-refractivity contribution in [2.24, 2.45) is 0 Å². The number of fused-ring (bicyclic) bond motifs is 1. The fourth-order valence-electron chi connectivity index (χ4n) is 1.85. The molecular formula is C14H13NO3S. The average Bonchev–Trinajstić information content (AvgIpc) is 2.99. The van der Waals surface area contributed by atoms with E-state index < -0.39 is 6.10 Å². The third-order valence-corrected chi connectivity index (χ3v) is 3.60. The van der Waals surface area contributed by atoms with Gasteiger partial charge in [0.1, 0.15) is 22.8 Å². The number of benzene rings is 1. The minimum absolute atomic E-state index is 0.252. The van der Waals surface area contributed by atoms with Crippen LogP contribution in [0.5, 0.6) is 5.75 Å². The van der Waals surface area contributed by atoms with Gasteiger partial charge in [-0.1, -0.05) is 17.3 Å². The van der Waals surface area contributed by atoms with E-state index in [1.807, 2.05) is 35.7 Å². The summed E-state index contributed by atoms with van der Waals surface area (Å²) in [5.41, 5.74) is 2.45. The van der Waals surface area contributed by atoms with E-state index in [0.29, 0.717) is 5.75 Å². The molecule has 2 aromatic heterocycles. The standard InChI is InChI=1S/C14H13NO3S/c1-9(16)8-17-11-5-3-2-4-10(11)13-14-12(18-15-13)6-7-19-14/h2-7,9,16H,8H2,1H3. The van der Waals surface area contributed by atoms with E-state index in [1.54, 1.807) is 18.3 Å². The summed E-state index contributed by atoms with van der Waals surface area (Å²) in [6.45, 7) is 1.94. The molecule has 0 aliphatic heterocycles. The molecule has 0 amide bonds. The van der Waals surface area contributed by atoms with Gasteiger partial charge in [0.05, 0.1) is 6.10 Å². The lowest BCUT2D eigenvalue weighted by molar-refractivity contribution is 0.123. The molecule has 1 atom stereocenters.